The van der Waals surface area contributed by atoms with E-state index in [2.05, 4.69) is 0 Å². The molecule has 1 aliphatic heterocycles. The summed E-state index contributed by atoms with van der Waals surface area (Å²) in [4.78, 5) is 16.3. The van der Waals surface area contributed by atoms with Crippen molar-refractivity contribution in [2.75, 3.05) is 27.2 Å². The Morgan fingerprint density at radius 2 is 2.04 bits per heavy atom. The lowest BCUT2D eigenvalue weighted by atomic mass is 9.98. The highest BCUT2D eigenvalue weighted by atomic mass is 16.3. The molecule has 2 rings (SSSR count). The van der Waals surface area contributed by atoms with E-state index in [1.807, 2.05) is 43.3 Å². The van der Waals surface area contributed by atoms with Gasteiger partial charge in [-0.1, -0.05) is 12.1 Å². The minimum atomic E-state index is -0.710. The molecule has 1 aliphatic rings. The molecule has 2 atom stereocenters. The van der Waals surface area contributed by atoms with Crippen LogP contribution < -0.4 is 0 Å². The first-order valence-electron chi connectivity index (χ1n) is 8.12. The van der Waals surface area contributed by atoms with Crippen LogP contribution in [0.4, 0.5) is 0 Å². The third kappa shape index (κ3) is 4.77. The number of carbonyl (C=O) groups is 1. The first kappa shape index (κ1) is 17.9. The fraction of sp³-hybridized carbons (Fsp3) is 0.611. The van der Waals surface area contributed by atoms with E-state index in [1.54, 1.807) is 18.7 Å². The van der Waals surface area contributed by atoms with Crippen molar-refractivity contribution in [3.63, 3.8) is 0 Å². The van der Waals surface area contributed by atoms with Gasteiger partial charge >= 0.3 is 0 Å². The van der Waals surface area contributed by atoms with E-state index in [1.165, 1.54) is 0 Å². The maximum absolute atomic E-state index is 12.7. The molecule has 2 N–H and O–H groups in total. The first-order valence-corrected chi connectivity index (χ1v) is 8.12. The number of benzene rings is 1. The second-order valence-electron chi connectivity index (χ2n) is 7.32. The zero-order valence-electron chi connectivity index (χ0n) is 14.5. The van der Waals surface area contributed by atoms with Gasteiger partial charge in [0.05, 0.1) is 17.7 Å². The summed E-state index contributed by atoms with van der Waals surface area (Å²) in [6.45, 7) is 4.49. The maximum atomic E-state index is 12.7. The second-order valence-corrected chi connectivity index (χ2v) is 7.32. The summed E-state index contributed by atoms with van der Waals surface area (Å²) < 4.78 is 0. The summed E-state index contributed by atoms with van der Waals surface area (Å²) in [7, 11) is 3.83. The fourth-order valence-electron chi connectivity index (χ4n) is 2.94. The Balaban J connectivity index is 2.06. The van der Waals surface area contributed by atoms with Crippen LogP contribution in [-0.2, 0) is 6.42 Å². The Hall–Kier alpha value is -1.43. The van der Waals surface area contributed by atoms with E-state index in [0.29, 0.717) is 25.1 Å². The molecule has 1 aromatic rings. The molecule has 0 saturated carbocycles. The van der Waals surface area contributed by atoms with Gasteiger partial charge in [0.25, 0.3) is 5.91 Å². The van der Waals surface area contributed by atoms with Crippen molar-refractivity contribution in [2.24, 2.45) is 0 Å². The minimum absolute atomic E-state index is 0.0164. The molecular weight excluding hydrogens is 292 g/mol. The van der Waals surface area contributed by atoms with E-state index in [-0.39, 0.29) is 11.9 Å². The summed E-state index contributed by atoms with van der Waals surface area (Å²) >= 11 is 0. The molecular formula is C18H28N2O3. The minimum Gasteiger partial charge on any atom is -0.390 e. The van der Waals surface area contributed by atoms with Crippen molar-refractivity contribution >= 4 is 5.91 Å². The molecule has 0 spiro atoms. The SMILES string of the molecule is CN(C)[C@H]1CN(C(=O)c2cccc(CCC(C)(C)O)c2)C[C@@H]1O. The van der Waals surface area contributed by atoms with Gasteiger partial charge in [0.15, 0.2) is 0 Å². The van der Waals surface area contributed by atoms with Crippen LogP contribution in [0.2, 0.25) is 0 Å². The van der Waals surface area contributed by atoms with E-state index in [9.17, 15) is 15.0 Å². The normalized spacial score (nSPS) is 22.0. The van der Waals surface area contributed by atoms with Crippen LogP contribution in [0.25, 0.3) is 0 Å². The topological polar surface area (TPSA) is 64.0 Å². The van der Waals surface area contributed by atoms with Crippen molar-refractivity contribution in [3.05, 3.63) is 35.4 Å². The highest BCUT2D eigenvalue weighted by molar-refractivity contribution is 5.94. The molecule has 5 nitrogen and oxygen atoms in total. The molecule has 128 valence electrons. The molecule has 0 aromatic heterocycles. The molecule has 1 fully saturated rings. The predicted octanol–water partition coefficient (Wildman–Crippen LogP) is 1.14. The number of aliphatic hydroxyl groups excluding tert-OH is 1. The van der Waals surface area contributed by atoms with Gasteiger partial charge in [-0.05, 0) is 58.5 Å². The lowest BCUT2D eigenvalue weighted by molar-refractivity contribution is 0.0714. The Labute approximate surface area is 138 Å². The van der Waals surface area contributed by atoms with Gasteiger partial charge in [0.2, 0.25) is 0 Å². The highest BCUT2D eigenvalue weighted by Gasteiger charge is 2.35. The van der Waals surface area contributed by atoms with Crippen LogP contribution >= 0.6 is 0 Å². The van der Waals surface area contributed by atoms with Crippen LogP contribution in [0, 0.1) is 0 Å². The largest absolute Gasteiger partial charge is 0.390 e. The summed E-state index contributed by atoms with van der Waals surface area (Å²) in [5.74, 6) is -0.0430. The summed E-state index contributed by atoms with van der Waals surface area (Å²) in [5, 5.41) is 19.9. The monoisotopic (exact) mass is 320 g/mol. The number of aryl methyl sites for hydroxylation is 1. The zero-order chi connectivity index (χ0) is 17.2. The number of hydrogen-bond acceptors (Lipinski definition) is 4. The summed E-state index contributed by atoms with van der Waals surface area (Å²) in [6, 6.07) is 7.54. The number of rotatable bonds is 5. The standard InChI is InChI=1S/C18H28N2O3/c1-18(2,23)9-8-13-6-5-7-14(10-13)17(22)20-11-15(19(3)4)16(21)12-20/h5-7,10,15-16,21,23H,8-9,11-12H2,1-4H3/t15-,16-/m0/s1. The van der Waals surface area contributed by atoms with Gasteiger partial charge in [-0.25, -0.2) is 0 Å². The van der Waals surface area contributed by atoms with Crippen molar-refractivity contribution in [2.45, 2.75) is 44.4 Å². The molecule has 0 aliphatic carbocycles. The second kappa shape index (κ2) is 6.99. The van der Waals surface area contributed by atoms with E-state index in [0.717, 1.165) is 12.0 Å². The van der Waals surface area contributed by atoms with Gasteiger partial charge in [-0.2, -0.15) is 0 Å². The lowest BCUT2D eigenvalue weighted by Gasteiger charge is -2.21. The number of amides is 1. The van der Waals surface area contributed by atoms with Crippen molar-refractivity contribution in [3.8, 4) is 0 Å². The van der Waals surface area contributed by atoms with Crippen LogP contribution in [0.3, 0.4) is 0 Å². The fourth-order valence-corrected chi connectivity index (χ4v) is 2.94. The number of likely N-dealkylation sites (tertiary alicyclic amines) is 1. The number of carbonyl (C=O) groups excluding carboxylic acids is 1. The first-order chi connectivity index (χ1) is 10.7. The molecule has 0 radical (unpaired) electrons. The van der Waals surface area contributed by atoms with Crippen LogP contribution in [0.1, 0.15) is 36.2 Å². The van der Waals surface area contributed by atoms with Crippen molar-refractivity contribution < 1.29 is 15.0 Å². The Morgan fingerprint density at radius 3 is 2.61 bits per heavy atom. The zero-order valence-corrected chi connectivity index (χ0v) is 14.5. The smallest absolute Gasteiger partial charge is 0.254 e. The number of hydrogen-bond donors (Lipinski definition) is 2. The van der Waals surface area contributed by atoms with Crippen LogP contribution in [0.5, 0.6) is 0 Å². The van der Waals surface area contributed by atoms with Crippen LogP contribution in [-0.4, -0.2) is 70.9 Å². The number of nitrogens with zero attached hydrogens (tertiary/aromatic N) is 2. The van der Waals surface area contributed by atoms with E-state index in [4.69, 9.17) is 0 Å². The molecule has 0 bridgehead atoms. The van der Waals surface area contributed by atoms with Gasteiger partial charge < -0.3 is 20.0 Å². The van der Waals surface area contributed by atoms with Gasteiger partial charge in [-0.3, -0.25) is 4.79 Å². The molecule has 1 amide bonds. The Kier molecular flexibility index (Phi) is 5.45. The maximum Gasteiger partial charge on any atom is 0.254 e. The number of aliphatic hydroxyl groups is 2. The van der Waals surface area contributed by atoms with E-state index >= 15 is 0 Å². The molecule has 1 heterocycles. The average Bonchev–Trinajstić information content (AvgIpc) is 2.86. The average molecular weight is 320 g/mol. The highest BCUT2D eigenvalue weighted by Crippen LogP contribution is 2.19. The van der Waals surface area contributed by atoms with E-state index < -0.39 is 11.7 Å². The van der Waals surface area contributed by atoms with Crippen LogP contribution in [0.15, 0.2) is 24.3 Å². The van der Waals surface area contributed by atoms with Crippen molar-refractivity contribution in [1.82, 2.24) is 9.80 Å². The summed E-state index contributed by atoms with van der Waals surface area (Å²) in [6.07, 6.45) is 0.871. The molecule has 23 heavy (non-hydrogen) atoms. The molecule has 0 unspecified atom stereocenters. The van der Waals surface area contributed by atoms with Crippen molar-refractivity contribution in [1.29, 1.82) is 0 Å². The number of β-amino-alcohol motifs (C(OH)–C–C–N with tert-alkyl or cyclic N) is 1. The van der Waals surface area contributed by atoms with Gasteiger partial charge in [0, 0.05) is 18.7 Å². The Bertz CT molecular complexity index is 551. The molecule has 5 heteroatoms. The molecule has 1 saturated heterocycles. The summed E-state index contributed by atoms with van der Waals surface area (Å²) in [5.41, 5.74) is 0.976. The lowest BCUT2D eigenvalue weighted by Crippen LogP contribution is -2.38. The predicted molar refractivity (Wildman–Crippen MR) is 90.4 cm³/mol. The third-order valence-corrected chi connectivity index (χ3v) is 4.41. The third-order valence-electron chi connectivity index (χ3n) is 4.41. The number of likely N-dealkylation sites (N-methyl/N-ethyl adjacent to an activating group) is 1. The molecule has 1 aromatic carbocycles. The van der Waals surface area contributed by atoms with Gasteiger partial charge in [0.1, 0.15) is 0 Å². The quantitative estimate of drug-likeness (QED) is 0.854. The Morgan fingerprint density at radius 1 is 1.35 bits per heavy atom. The van der Waals surface area contributed by atoms with Gasteiger partial charge in [-0.15, -0.1) is 0 Å².